The van der Waals surface area contributed by atoms with Gasteiger partial charge in [0, 0.05) is 13.6 Å². The van der Waals surface area contributed by atoms with Crippen LogP contribution in [0.25, 0.3) is 0 Å². The zero-order valence-corrected chi connectivity index (χ0v) is 17.8. The lowest BCUT2D eigenvalue weighted by atomic mass is 10.1. The smallest absolute Gasteiger partial charge is 0.416 e. The van der Waals surface area contributed by atoms with Crippen LogP contribution >= 0.6 is 24.0 Å². The van der Waals surface area contributed by atoms with Gasteiger partial charge in [-0.05, 0) is 30.7 Å². The molecule has 0 radical (unpaired) electrons. The van der Waals surface area contributed by atoms with Crippen molar-refractivity contribution in [2.75, 3.05) is 14.2 Å². The van der Waals surface area contributed by atoms with Gasteiger partial charge >= 0.3 is 12.1 Å². The van der Waals surface area contributed by atoms with E-state index in [2.05, 4.69) is 20.4 Å². The Bertz CT molecular complexity index is 818. The molecular weight excluding hydrogens is 490 g/mol. The third-order valence-corrected chi connectivity index (χ3v) is 3.77. The number of ether oxygens (including phenoxy) is 1. The van der Waals surface area contributed by atoms with Gasteiger partial charge in [-0.25, -0.2) is 4.79 Å². The molecule has 0 unspecified atom stereocenters. The standard InChI is InChI=1S/C18H20F3N3O3.HI/c1-11-15(16(25)26-3)8-14(27-11)10-24-17(22-2)23-9-12-4-6-13(7-5-12)18(19,20)21;/h4-8H,9-10H2,1-3H3,(H2,22,23,24);1H. The first-order valence-electron chi connectivity index (χ1n) is 8.03. The quantitative estimate of drug-likeness (QED) is 0.276. The predicted octanol–water partition coefficient (Wildman–Crippen LogP) is 3.88. The number of carbonyl (C=O) groups excluding carboxylic acids is 1. The largest absolute Gasteiger partial charge is 0.465 e. The van der Waals surface area contributed by atoms with Crippen molar-refractivity contribution < 1.29 is 27.1 Å². The molecule has 1 aromatic heterocycles. The molecule has 0 fully saturated rings. The molecule has 0 atom stereocenters. The minimum Gasteiger partial charge on any atom is -0.465 e. The van der Waals surface area contributed by atoms with Crippen LogP contribution in [0, 0.1) is 6.92 Å². The summed E-state index contributed by atoms with van der Waals surface area (Å²) in [6, 6.07) is 6.46. The maximum absolute atomic E-state index is 12.6. The summed E-state index contributed by atoms with van der Waals surface area (Å²) in [5.41, 5.74) is 0.332. The average Bonchev–Trinajstić information content (AvgIpc) is 3.01. The zero-order chi connectivity index (χ0) is 20.0. The number of benzene rings is 1. The molecule has 2 rings (SSSR count). The van der Waals surface area contributed by atoms with Gasteiger partial charge in [-0.1, -0.05) is 12.1 Å². The third kappa shape index (κ3) is 6.43. The van der Waals surface area contributed by atoms with Gasteiger partial charge in [0.05, 0.1) is 19.2 Å². The van der Waals surface area contributed by atoms with E-state index in [4.69, 9.17) is 4.42 Å². The van der Waals surface area contributed by atoms with Gasteiger partial charge < -0.3 is 19.8 Å². The molecule has 0 spiro atoms. The number of aliphatic imine (C=N–C) groups is 1. The second-order valence-corrected chi connectivity index (χ2v) is 5.65. The maximum Gasteiger partial charge on any atom is 0.416 e. The van der Waals surface area contributed by atoms with E-state index in [-0.39, 0.29) is 30.5 Å². The number of esters is 1. The lowest BCUT2D eigenvalue weighted by molar-refractivity contribution is -0.137. The fourth-order valence-electron chi connectivity index (χ4n) is 2.33. The summed E-state index contributed by atoms with van der Waals surface area (Å²) in [4.78, 5) is 15.6. The van der Waals surface area contributed by atoms with Crippen molar-refractivity contribution in [3.8, 4) is 0 Å². The third-order valence-electron chi connectivity index (χ3n) is 3.77. The fourth-order valence-corrected chi connectivity index (χ4v) is 2.33. The van der Waals surface area contributed by atoms with Crippen molar-refractivity contribution in [2.45, 2.75) is 26.2 Å². The number of aryl methyl sites for hydroxylation is 1. The molecule has 1 aromatic carbocycles. The van der Waals surface area contributed by atoms with Crippen molar-refractivity contribution in [3.63, 3.8) is 0 Å². The van der Waals surface area contributed by atoms with Gasteiger partial charge in [0.2, 0.25) is 0 Å². The van der Waals surface area contributed by atoms with Crippen molar-refractivity contribution in [1.82, 2.24) is 10.6 Å². The van der Waals surface area contributed by atoms with E-state index in [1.165, 1.54) is 19.2 Å². The van der Waals surface area contributed by atoms with E-state index in [9.17, 15) is 18.0 Å². The highest BCUT2D eigenvalue weighted by atomic mass is 127. The molecule has 0 bridgehead atoms. The number of nitrogens with zero attached hydrogens (tertiary/aromatic N) is 1. The van der Waals surface area contributed by atoms with Crippen LogP contribution in [0.3, 0.4) is 0 Å². The first-order valence-corrected chi connectivity index (χ1v) is 8.03. The SMILES string of the molecule is CN=C(NCc1ccc(C(F)(F)F)cc1)NCc1cc(C(=O)OC)c(C)o1.I. The Hall–Kier alpha value is -2.24. The first-order chi connectivity index (χ1) is 12.7. The Morgan fingerprint density at radius 1 is 1.18 bits per heavy atom. The minimum absolute atomic E-state index is 0. The molecule has 0 amide bonds. The summed E-state index contributed by atoms with van der Waals surface area (Å²) in [5, 5.41) is 6.00. The monoisotopic (exact) mass is 511 g/mol. The summed E-state index contributed by atoms with van der Waals surface area (Å²) >= 11 is 0. The molecule has 28 heavy (non-hydrogen) atoms. The van der Waals surface area contributed by atoms with E-state index >= 15 is 0 Å². The number of guanidine groups is 1. The Kier molecular flexibility index (Phi) is 8.79. The summed E-state index contributed by atoms with van der Waals surface area (Å²) in [6.07, 6.45) is -4.35. The van der Waals surface area contributed by atoms with Crippen molar-refractivity contribution in [2.24, 2.45) is 4.99 Å². The van der Waals surface area contributed by atoms with Crippen molar-refractivity contribution >= 4 is 35.9 Å². The van der Waals surface area contributed by atoms with Crippen LogP contribution in [0.4, 0.5) is 13.2 Å². The maximum atomic E-state index is 12.6. The van der Waals surface area contributed by atoms with Gasteiger partial charge in [0.1, 0.15) is 17.1 Å². The molecule has 2 N–H and O–H groups in total. The topological polar surface area (TPSA) is 75.9 Å². The molecule has 0 saturated carbocycles. The second kappa shape index (κ2) is 10.3. The van der Waals surface area contributed by atoms with Gasteiger partial charge in [-0.3, -0.25) is 4.99 Å². The second-order valence-electron chi connectivity index (χ2n) is 5.65. The van der Waals surface area contributed by atoms with Crippen LogP contribution in [-0.4, -0.2) is 26.1 Å². The number of hydrogen-bond donors (Lipinski definition) is 2. The highest BCUT2D eigenvalue weighted by Crippen LogP contribution is 2.29. The molecule has 0 aliphatic carbocycles. The normalized spacial score (nSPS) is 11.6. The Labute approximate surface area is 177 Å². The van der Waals surface area contributed by atoms with E-state index in [1.54, 1.807) is 20.0 Å². The fraction of sp³-hybridized carbons (Fsp3) is 0.333. The zero-order valence-electron chi connectivity index (χ0n) is 15.5. The molecule has 2 aromatic rings. The summed E-state index contributed by atoms with van der Waals surface area (Å²) in [7, 11) is 2.86. The molecule has 1 heterocycles. The highest BCUT2D eigenvalue weighted by molar-refractivity contribution is 14.0. The first kappa shape index (κ1) is 23.8. The van der Waals surface area contributed by atoms with Crippen LogP contribution < -0.4 is 10.6 Å². The number of hydrogen-bond acceptors (Lipinski definition) is 4. The molecule has 154 valence electrons. The van der Waals surface area contributed by atoms with E-state index in [0.29, 0.717) is 35.2 Å². The Balaban J connectivity index is 0.00000392. The number of nitrogens with one attached hydrogen (secondary N) is 2. The predicted molar refractivity (Wildman–Crippen MR) is 109 cm³/mol. The van der Waals surface area contributed by atoms with Gasteiger partial charge in [-0.2, -0.15) is 13.2 Å². The number of methoxy groups -OCH3 is 1. The van der Waals surface area contributed by atoms with Gasteiger partial charge in [0.25, 0.3) is 0 Å². The minimum atomic E-state index is -4.35. The van der Waals surface area contributed by atoms with E-state index in [1.807, 2.05) is 0 Å². The average molecular weight is 511 g/mol. The Morgan fingerprint density at radius 2 is 1.79 bits per heavy atom. The molecule has 0 aliphatic rings. The van der Waals surface area contributed by atoms with Crippen LogP contribution in [0.1, 0.15) is 33.0 Å². The van der Waals surface area contributed by atoms with E-state index < -0.39 is 17.7 Å². The summed E-state index contributed by atoms with van der Waals surface area (Å²) in [5.74, 6) is 0.924. The van der Waals surface area contributed by atoms with Gasteiger partial charge in [0.15, 0.2) is 5.96 Å². The lowest BCUT2D eigenvalue weighted by Gasteiger charge is -2.12. The summed E-state index contributed by atoms with van der Waals surface area (Å²) < 4.78 is 47.9. The van der Waals surface area contributed by atoms with Crippen LogP contribution in [0.5, 0.6) is 0 Å². The lowest BCUT2D eigenvalue weighted by Crippen LogP contribution is -2.36. The molecule has 0 saturated heterocycles. The molecule has 6 nitrogen and oxygen atoms in total. The molecule has 10 heteroatoms. The molecule has 0 aliphatic heterocycles. The van der Waals surface area contributed by atoms with Crippen molar-refractivity contribution in [1.29, 1.82) is 0 Å². The van der Waals surface area contributed by atoms with Crippen LogP contribution in [-0.2, 0) is 24.0 Å². The highest BCUT2D eigenvalue weighted by Gasteiger charge is 2.29. The van der Waals surface area contributed by atoms with Crippen LogP contribution in [0.15, 0.2) is 39.7 Å². The van der Waals surface area contributed by atoms with Crippen LogP contribution in [0.2, 0.25) is 0 Å². The molecular formula is C18H21F3IN3O3. The number of halogens is 4. The van der Waals surface area contributed by atoms with E-state index in [0.717, 1.165) is 12.1 Å². The van der Waals surface area contributed by atoms with Gasteiger partial charge in [-0.15, -0.1) is 24.0 Å². The number of rotatable bonds is 5. The number of alkyl halides is 3. The summed E-state index contributed by atoms with van der Waals surface area (Å²) in [6.45, 7) is 2.22. The number of carbonyl (C=O) groups is 1. The van der Waals surface area contributed by atoms with Crippen molar-refractivity contribution in [3.05, 3.63) is 58.5 Å². The number of furan rings is 1. The Morgan fingerprint density at radius 3 is 2.32 bits per heavy atom.